The van der Waals surface area contributed by atoms with Crippen molar-refractivity contribution in [2.24, 2.45) is 0 Å². The maximum Gasteiger partial charge on any atom is 0.342 e. The second-order valence-electron chi connectivity index (χ2n) is 3.57. The molecule has 0 unspecified atom stereocenters. The molecule has 0 saturated heterocycles. The predicted molar refractivity (Wildman–Crippen MR) is 55.8 cm³/mol. The Kier molecular flexibility index (Phi) is 2.46. The first-order chi connectivity index (χ1) is 7.22. The second kappa shape index (κ2) is 3.77. The Labute approximate surface area is 88.0 Å². The molecule has 1 heterocycles. The minimum Gasteiger partial charge on any atom is -0.507 e. The number of phenols is 1. The molecular weight excluding hydrogens is 192 g/mol. The van der Waals surface area contributed by atoms with Crippen molar-refractivity contribution >= 4 is 5.97 Å². The largest absolute Gasteiger partial charge is 0.507 e. The number of fused-ring (bicyclic) bond motifs is 1. The summed E-state index contributed by atoms with van der Waals surface area (Å²) in [6.45, 7) is 3.61. The van der Waals surface area contributed by atoms with Crippen LogP contribution in [0.3, 0.4) is 0 Å². The Morgan fingerprint density at radius 2 is 2.40 bits per heavy atom. The standard InChI is InChI=1S/C12H12O3/c1-2-4-9-7-8-5-3-6-10(13)11(8)12(14)15-9/h2-3,5-6,9,13H,1,4,7H2/t9-/m1/s1. The first kappa shape index (κ1) is 9.77. The van der Waals surface area contributed by atoms with Crippen LogP contribution >= 0.6 is 0 Å². The van der Waals surface area contributed by atoms with Gasteiger partial charge in [0.25, 0.3) is 0 Å². The lowest BCUT2D eigenvalue weighted by molar-refractivity contribution is 0.0261. The SMILES string of the molecule is C=CC[C@@H]1Cc2cccc(O)c2C(=O)O1. The third-order valence-electron chi connectivity index (χ3n) is 2.48. The highest BCUT2D eigenvalue weighted by Crippen LogP contribution is 2.28. The van der Waals surface area contributed by atoms with E-state index in [1.807, 2.05) is 6.07 Å². The molecule has 1 atom stereocenters. The van der Waals surface area contributed by atoms with Crippen LogP contribution in [0.1, 0.15) is 22.3 Å². The normalized spacial score (nSPS) is 19.2. The van der Waals surface area contributed by atoms with Crippen LogP contribution in [0.25, 0.3) is 0 Å². The van der Waals surface area contributed by atoms with E-state index >= 15 is 0 Å². The molecule has 15 heavy (non-hydrogen) atoms. The topological polar surface area (TPSA) is 46.5 Å². The van der Waals surface area contributed by atoms with E-state index in [4.69, 9.17) is 4.74 Å². The molecule has 1 aliphatic heterocycles. The van der Waals surface area contributed by atoms with Crippen LogP contribution in [0, 0.1) is 0 Å². The van der Waals surface area contributed by atoms with Crippen LogP contribution in [0.15, 0.2) is 30.9 Å². The van der Waals surface area contributed by atoms with E-state index in [2.05, 4.69) is 6.58 Å². The van der Waals surface area contributed by atoms with Crippen molar-refractivity contribution in [1.82, 2.24) is 0 Å². The van der Waals surface area contributed by atoms with Gasteiger partial charge < -0.3 is 9.84 Å². The second-order valence-corrected chi connectivity index (χ2v) is 3.57. The zero-order valence-electron chi connectivity index (χ0n) is 8.27. The Bertz CT molecular complexity index is 409. The van der Waals surface area contributed by atoms with Gasteiger partial charge in [-0.05, 0) is 11.6 Å². The third kappa shape index (κ3) is 1.73. The minimum atomic E-state index is -0.443. The number of rotatable bonds is 2. The molecule has 0 saturated carbocycles. The summed E-state index contributed by atoms with van der Waals surface area (Å²) in [5.74, 6) is -0.448. The molecule has 2 rings (SSSR count). The van der Waals surface area contributed by atoms with Crippen molar-refractivity contribution in [3.63, 3.8) is 0 Å². The molecule has 1 N–H and O–H groups in total. The number of cyclic esters (lactones) is 1. The molecule has 0 aliphatic carbocycles. The molecule has 0 fully saturated rings. The molecule has 1 aliphatic rings. The van der Waals surface area contributed by atoms with Gasteiger partial charge in [-0.25, -0.2) is 4.79 Å². The molecule has 0 spiro atoms. The lowest BCUT2D eigenvalue weighted by atomic mass is 9.96. The van der Waals surface area contributed by atoms with Crippen LogP contribution in [-0.4, -0.2) is 17.2 Å². The number of esters is 1. The Morgan fingerprint density at radius 1 is 1.60 bits per heavy atom. The van der Waals surface area contributed by atoms with E-state index in [0.717, 1.165) is 5.56 Å². The van der Waals surface area contributed by atoms with Gasteiger partial charge in [0, 0.05) is 12.8 Å². The first-order valence-corrected chi connectivity index (χ1v) is 4.85. The van der Waals surface area contributed by atoms with Crippen LogP contribution in [0.4, 0.5) is 0 Å². The number of hydrogen-bond acceptors (Lipinski definition) is 3. The van der Waals surface area contributed by atoms with Crippen molar-refractivity contribution in [3.8, 4) is 5.75 Å². The summed E-state index contributed by atoms with van der Waals surface area (Å²) in [5, 5.41) is 9.52. The molecule has 1 aromatic rings. The number of ether oxygens (including phenoxy) is 1. The average Bonchev–Trinajstić information content (AvgIpc) is 2.17. The summed E-state index contributed by atoms with van der Waals surface area (Å²) in [4.78, 5) is 11.6. The third-order valence-corrected chi connectivity index (χ3v) is 2.48. The molecule has 0 aromatic heterocycles. The van der Waals surface area contributed by atoms with Gasteiger partial charge in [0.2, 0.25) is 0 Å². The number of hydrogen-bond donors (Lipinski definition) is 1. The fourth-order valence-electron chi connectivity index (χ4n) is 1.81. The zero-order chi connectivity index (χ0) is 10.8. The van der Waals surface area contributed by atoms with Gasteiger partial charge in [0.1, 0.15) is 17.4 Å². The van der Waals surface area contributed by atoms with E-state index < -0.39 is 5.97 Å². The molecule has 0 amide bonds. The lowest BCUT2D eigenvalue weighted by Crippen LogP contribution is -2.27. The van der Waals surface area contributed by atoms with Crippen molar-refractivity contribution < 1.29 is 14.6 Å². The summed E-state index contributed by atoms with van der Waals surface area (Å²) >= 11 is 0. The minimum absolute atomic E-state index is 0.00504. The highest BCUT2D eigenvalue weighted by Gasteiger charge is 2.27. The summed E-state index contributed by atoms with van der Waals surface area (Å²) in [5.41, 5.74) is 1.15. The number of aromatic hydroxyl groups is 1. The van der Waals surface area contributed by atoms with Crippen molar-refractivity contribution in [2.75, 3.05) is 0 Å². The van der Waals surface area contributed by atoms with E-state index in [-0.39, 0.29) is 11.9 Å². The quantitative estimate of drug-likeness (QED) is 0.592. The number of phenolic OH excluding ortho intramolecular Hbond substituents is 1. The Morgan fingerprint density at radius 3 is 3.13 bits per heavy atom. The van der Waals surface area contributed by atoms with E-state index in [9.17, 15) is 9.90 Å². The first-order valence-electron chi connectivity index (χ1n) is 4.85. The molecular formula is C12H12O3. The number of benzene rings is 1. The molecule has 0 bridgehead atoms. The monoisotopic (exact) mass is 204 g/mol. The van der Waals surface area contributed by atoms with E-state index in [0.29, 0.717) is 18.4 Å². The Hall–Kier alpha value is -1.77. The smallest absolute Gasteiger partial charge is 0.342 e. The summed E-state index contributed by atoms with van der Waals surface area (Å²) in [6, 6.07) is 5.07. The zero-order valence-corrected chi connectivity index (χ0v) is 8.27. The van der Waals surface area contributed by atoms with Crippen LogP contribution in [0.2, 0.25) is 0 Å². The molecule has 1 aromatic carbocycles. The van der Waals surface area contributed by atoms with Gasteiger partial charge >= 0.3 is 5.97 Å². The van der Waals surface area contributed by atoms with Crippen molar-refractivity contribution in [1.29, 1.82) is 0 Å². The Balaban J connectivity index is 2.36. The fraction of sp³-hybridized carbons (Fsp3) is 0.250. The maximum absolute atomic E-state index is 11.6. The van der Waals surface area contributed by atoms with Crippen molar-refractivity contribution in [2.45, 2.75) is 18.9 Å². The average molecular weight is 204 g/mol. The molecule has 78 valence electrons. The maximum atomic E-state index is 11.6. The van der Waals surface area contributed by atoms with Crippen molar-refractivity contribution in [3.05, 3.63) is 42.0 Å². The van der Waals surface area contributed by atoms with Crippen LogP contribution in [0.5, 0.6) is 5.75 Å². The summed E-state index contributed by atoms with van der Waals surface area (Å²) in [6.07, 6.45) is 2.86. The highest BCUT2D eigenvalue weighted by atomic mass is 16.5. The van der Waals surface area contributed by atoms with Crippen LogP contribution < -0.4 is 0 Å². The highest BCUT2D eigenvalue weighted by molar-refractivity contribution is 5.95. The lowest BCUT2D eigenvalue weighted by Gasteiger charge is -2.24. The van der Waals surface area contributed by atoms with Gasteiger partial charge in [-0.2, -0.15) is 0 Å². The fourth-order valence-corrected chi connectivity index (χ4v) is 1.81. The number of carbonyl (C=O) groups excluding carboxylic acids is 1. The van der Waals surface area contributed by atoms with E-state index in [1.165, 1.54) is 6.07 Å². The molecule has 3 nitrogen and oxygen atoms in total. The number of carbonyl (C=O) groups is 1. The van der Waals surface area contributed by atoms with Gasteiger partial charge in [0.05, 0.1) is 0 Å². The summed E-state index contributed by atoms with van der Waals surface area (Å²) in [7, 11) is 0. The van der Waals surface area contributed by atoms with Gasteiger partial charge in [0.15, 0.2) is 0 Å². The predicted octanol–water partition coefficient (Wildman–Crippen LogP) is 2.05. The van der Waals surface area contributed by atoms with Gasteiger partial charge in [-0.3, -0.25) is 0 Å². The van der Waals surface area contributed by atoms with Crippen LogP contribution in [-0.2, 0) is 11.2 Å². The van der Waals surface area contributed by atoms with E-state index in [1.54, 1.807) is 12.1 Å². The molecule has 3 heteroatoms. The summed E-state index contributed by atoms with van der Waals surface area (Å²) < 4.78 is 5.16. The van der Waals surface area contributed by atoms with Gasteiger partial charge in [-0.15, -0.1) is 6.58 Å². The molecule has 0 radical (unpaired) electrons. The van der Waals surface area contributed by atoms with Gasteiger partial charge in [-0.1, -0.05) is 18.2 Å².